The van der Waals surface area contributed by atoms with Crippen LogP contribution in [0.4, 0.5) is 0 Å². The van der Waals surface area contributed by atoms with E-state index in [-0.39, 0.29) is 0 Å². The predicted octanol–water partition coefficient (Wildman–Crippen LogP) is 1.31. The molecule has 7 nitrogen and oxygen atoms in total. The van der Waals surface area contributed by atoms with Crippen LogP contribution in [0.1, 0.15) is 32.0 Å². The number of hydrogen-bond donors (Lipinski definition) is 2. The van der Waals surface area contributed by atoms with Crippen molar-refractivity contribution in [2.45, 2.75) is 32.6 Å². The van der Waals surface area contributed by atoms with Crippen molar-refractivity contribution in [3.63, 3.8) is 0 Å². The van der Waals surface area contributed by atoms with Crippen LogP contribution in [-0.4, -0.2) is 36.1 Å². The lowest BCUT2D eigenvalue weighted by atomic mass is 9.96. The third-order valence-electron chi connectivity index (χ3n) is 3.83. The van der Waals surface area contributed by atoms with Gasteiger partial charge in [-0.3, -0.25) is 4.40 Å². The lowest BCUT2D eigenvalue weighted by Crippen LogP contribution is -2.10. The van der Waals surface area contributed by atoms with E-state index in [0.29, 0.717) is 11.6 Å². The summed E-state index contributed by atoms with van der Waals surface area (Å²) in [4.78, 5) is 11.5. The molecule has 7 heteroatoms. The van der Waals surface area contributed by atoms with Gasteiger partial charge in [-0.1, -0.05) is 13.3 Å². The normalized spacial score (nSPS) is 13.3. The van der Waals surface area contributed by atoms with Crippen molar-refractivity contribution in [1.29, 1.82) is 0 Å². The van der Waals surface area contributed by atoms with Crippen molar-refractivity contribution >= 4 is 16.8 Å². The van der Waals surface area contributed by atoms with Crippen molar-refractivity contribution < 1.29 is 0 Å². The van der Waals surface area contributed by atoms with E-state index >= 15 is 0 Å². The highest BCUT2D eigenvalue weighted by molar-refractivity contribution is 5.84. The molecule has 3 heterocycles. The first-order chi connectivity index (χ1) is 9.83. The summed E-state index contributed by atoms with van der Waals surface area (Å²) < 4.78 is 1.94. The fraction of sp³-hybridized carbons (Fsp3) is 0.538. The molecule has 20 heavy (non-hydrogen) atoms. The molecule has 3 aromatic heterocycles. The summed E-state index contributed by atoms with van der Waals surface area (Å²) in [5.41, 5.74) is 7.93. The molecule has 0 aromatic carbocycles. The zero-order chi connectivity index (χ0) is 13.9. The molecule has 3 N–H and O–H groups in total. The van der Waals surface area contributed by atoms with Crippen molar-refractivity contribution in [2.75, 3.05) is 6.54 Å². The fourth-order valence-corrected chi connectivity index (χ4v) is 2.57. The Morgan fingerprint density at radius 2 is 2.20 bits per heavy atom. The van der Waals surface area contributed by atoms with Gasteiger partial charge in [-0.25, -0.2) is 9.97 Å². The largest absolute Gasteiger partial charge is 0.340 e. The average molecular weight is 273 g/mol. The molecule has 3 aromatic rings. The number of aromatic amines is 1. The Morgan fingerprint density at radius 3 is 3.00 bits per heavy atom. The van der Waals surface area contributed by atoms with E-state index in [1.54, 1.807) is 12.7 Å². The van der Waals surface area contributed by atoms with Gasteiger partial charge in [0.1, 0.15) is 17.7 Å². The molecule has 3 rings (SSSR count). The van der Waals surface area contributed by atoms with Gasteiger partial charge in [0.25, 0.3) is 0 Å². The Hall–Kier alpha value is -2.02. The van der Waals surface area contributed by atoms with Crippen LogP contribution in [0.2, 0.25) is 0 Å². The van der Waals surface area contributed by atoms with Crippen molar-refractivity contribution in [1.82, 2.24) is 29.5 Å². The van der Waals surface area contributed by atoms with Crippen LogP contribution in [0.3, 0.4) is 0 Å². The molecule has 0 radical (unpaired) electrons. The first-order valence-corrected chi connectivity index (χ1v) is 7.05. The molecule has 0 saturated carbocycles. The zero-order valence-electron chi connectivity index (χ0n) is 11.6. The summed E-state index contributed by atoms with van der Waals surface area (Å²) in [6.45, 7) is 2.95. The summed E-state index contributed by atoms with van der Waals surface area (Å²) in [7, 11) is 0. The molecule has 0 aliphatic carbocycles. The van der Waals surface area contributed by atoms with Crippen molar-refractivity contribution in [3.05, 3.63) is 18.5 Å². The number of nitrogens with one attached hydrogen (secondary N) is 1. The smallest absolute Gasteiger partial charge is 0.189 e. The molecule has 0 saturated heterocycles. The van der Waals surface area contributed by atoms with E-state index in [0.717, 1.165) is 49.2 Å². The van der Waals surface area contributed by atoms with E-state index < -0.39 is 0 Å². The van der Waals surface area contributed by atoms with Crippen LogP contribution in [0, 0.1) is 5.92 Å². The number of nitrogens with two attached hydrogens (primary N) is 1. The fourth-order valence-electron chi connectivity index (χ4n) is 2.57. The molecular weight excluding hydrogens is 254 g/mol. The SMILES string of the molecule is CCC(CCN)CCc1nnc2c3[nH]cnc3ncn12. The van der Waals surface area contributed by atoms with E-state index in [1.807, 2.05) is 4.40 Å². The molecule has 1 atom stereocenters. The van der Waals surface area contributed by atoms with Crippen LogP contribution in [0.25, 0.3) is 16.8 Å². The quantitative estimate of drug-likeness (QED) is 0.705. The number of fused-ring (bicyclic) bond motifs is 3. The lowest BCUT2D eigenvalue weighted by Gasteiger charge is -2.12. The number of H-pyrrole nitrogens is 1. The van der Waals surface area contributed by atoms with Crippen LogP contribution in [0.5, 0.6) is 0 Å². The molecule has 0 aliphatic heterocycles. The Balaban J connectivity index is 1.85. The van der Waals surface area contributed by atoms with Crippen molar-refractivity contribution in [3.8, 4) is 0 Å². The Bertz CT molecular complexity index is 699. The lowest BCUT2D eigenvalue weighted by molar-refractivity contribution is 0.438. The number of aromatic nitrogens is 6. The van der Waals surface area contributed by atoms with Gasteiger partial charge >= 0.3 is 0 Å². The van der Waals surface area contributed by atoms with Gasteiger partial charge < -0.3 is 10.7 Å². The minimum atomic E-state index is 0.649. The Morgan fingerprint density at radius 1 is 1.30 bits per heavy atom. The summed E-state index contributed by atoms with van der Waals surface area (Å²) in [6, 6.07) is 0. The zero-order valence-corrected chi connectivity index (χ0v) is 11.6. The number of aryl methyl sites for hydroxylation is 1. The third-order valence-corrected chi connectivity index (χ3v) is 3.83. The number of hydrogen-bond acceptors (Lipinski definition) is 5. The minimum absolute atomic E-state index is 0.649. The second kappa shape index (κ2) is 5.54. The first kappa shape index (κ1) is 13.0. The topological polar surface area (TPSA) is 97.8 Å². The Labute approximate surface area is 116 Å². The Kier molecular flexibility index (Phi) is 3.60. The second-order valence-electron chi connectivity index (χ2n) is 5.05. The van der Waals surface area contributed by atoms with Crippen LogP contribution in [0.15, 0.2) is 12.7 Å². The maximum Gasteiger partial charge on any atom is 0.189 e. The van der Waals surface area contributed by atoms with Gasteiger partial charge in [-0.05, 0) is 25.3 Å². The van der Waals surface area contributed by atoms with Gasteiger partial charge in [0.2, 0.25) is 0 Å². The summed E-state index contributed by atoms with van der Waals surface area (Å²) in [6.07, 6.45) is 7.56. The van der Waals surface area contributed by atoms with E-state index in [4.69, 9.17) is 5.73 Å². The third kappa shape index (κ3) is 2.24. The van der Waals surface area contributed by atoms with Gasteiger partial charge in [0.15, 0.2) is 11.3 Å². The molecule has 0 aliphatic rings. The monoisotopic (exact) mass is 273 g/mol. The highest BCUT2D eigenvalue weighted by Crippen LogP contribution is 2.17. The first-order valence-electron chi connectivity index (χ1n) is 7.05. The van der Waals surface area contributed by atoms with E-state index in [9.17, 15) is 0 Å². The van der Waals surface area contributed by atoms with E-state index in [2.05, 4.69) is 32.1 Å². The standard InChI is InChI=1S/C13H19N7/c1-2-9(5-6-14)3-4-10-18-19-13-11-12(16-7-15-11)17-8-20(10)13/h7-9H,2-6,14H2,1H3,(H,15,16). The molecule has 0 spiro atoms. The summed E-state index contributed by atoms with van der Waals surface area (Å²) in [5, 5.41) is 8.53. The number of rotatable bonds is 6. The minimum Gasteiger partial charge on any atom is -0.340 e. The van der Waals surface area contributed by atoms with Gasteiger partial charge in [-0.15, -0.1) is 10.2 Å². The number of nitrogens with zero attached hydrogens (tertiary/aromatic N) is 5. The molecule has 0 amide bonds. The summed E-state index contributed by atoms with van der Waals surface area (Å²) in [5.74, 6) is 1.59. The predicted molar refractivity (Wildman–Crippen MR) is 76.2 cm³/mol. The van der Waals surface area contributed by atoms with Crippen LogP contribution >= 0.6 is 0 Å². The molecule has 0 fully saturated rings. The van der Waals surface area contributed by atoms with Crippen molar-refractivity contribution in [2.24, 2.45) is 11.7 Å². The van der Waals surface area contributed by atoms with Crippen LogP contribution in [-0.2, 0) is 6.42 Å². The molecule has 1 unspecified atom stereocenters. The number of imidazole rings is 1. The molecule has 106 valence electrons. The van der Waals surface area contributed by atoms with Gasteiger partial charge in [-0.2, -0.15) is 0 Å². The maximum atomic E-state index is 5.64. The highest BCUT2D eigenvalue weighted by Gasteiger charge is 2.13. The van der Waals surface area contributed by atoms with Crippen LogP contribution < -0.4 is 5.73 Å². The van der Waals surface area contributed by atoms with Gasteiger partial charge in [0, 0.05) is 6.42 Å². The maximum absolute atomic E-state index is 5.64. The van der Waals surface area contributed by atoms with E-state index in [1.165, 1.54) is 0 Å². The second-order valence-corrected chi connectivity index (χ2v) is 5.05. The highest BCUT2D eigenvalue weighted by atomic mass is 15.3. The van der Waals surface area contributed by atoms with Gasteiger partial charge in [0.05, 0.1) is 6.33 Å². The average Bonchev–Trinajstić information content (AvgIpc) is 3.08. The molecular formula is C13H19N7. The summed E-state index contributed by atoms with van der Waals surface area (Å²) >= 11 is 0. The molecule has 0 bridgehead atoms.